The van der Waals surface area contributed by atoms with Crippen LogP contribution < -0.4 is 4.74 Å². The normalized spacial score (nSPS) is 17.1. The van der Waals surface area contributed by atoms with Crippen LogP contribution in [0.25, 0.3) is 10.9 Å². The summed E-state index contributed by atoms with van der Waals surface area (Å²) in [5.41, 5.74) is 2.18. The highest BCUT2D eigenvalue weighted by Crippen LogP contribution is 2.35. The van der Waals surface area contributed by atoms with Gasteiger partial charge in [-0.1, -0.05) is 18.2 Å². The van der Waals surface area contributed by atoms with Gasteiger partial charge in [0, 0.05) is 24.2 Å². The Morgan fingerprint density at radius 1 is 1.15 bits per heavy atom. The van der Waals surface area contributed by atoms with E-state index in [0.29, 0.717) is 12.5 Å². The van der Waals surface area contributed by atoms with E-state index in [1.165, 1.54) is 11.6 Å². The van der Waals surface area contributed by atoms with Crippen LogP contribution in [0.2, 0.25) is 0 Å². The van der Waals surface area contributed by atoms with Crippen LogP contribution in [0.5, 0.6) is 5.75 Å². The standard InChI is InChI=1S/C17H14FNO/c18-14-6-5-12-7-8-19(16(12)9-14)10-13-11-20-17-4-2-1-3-15(13)17/h1-9,13H,10-11H2. The molecule has 0 saturated heterocycles. The first-order valence-corrected chi connectivity index (χ1v) is 6.77. The zero-order chi connectivity index (χ0) is 13.5. The Morgan fingerprint density at radius 2 is 2.05 bits per heavy atom. The molecule has 0 radical (unpaired) electrons. The first-order valence-electron chi connectivity index (χ1n) is 6.77. The fourth-order valence-electron chi connectivity index (χ4n) is 2.93. The van der Waals surface area contributed by atoms with Gasteiger partial charge < -0.3 is 9.30 Å². The maximum atomic E-state index is 13.4. The molecule has 2 heterocycles. The third-order valence-electron chi connectivity index (χ3n) is 3.95. The van der Waals surface area contributed by atoms with Gasteiger partial charge in [0.1, 0.15) is 11.6 Å². The largest absolute Gasteiger partial charge is 0.493 e. The van der Waals surface area contributed by atoms with Crippen molar-refractivity contribution in [2.45, 2.75) is 12.5 Å². The highest BCUT2D eigenvalue weighted by molar-refractivity contribution is 5.80. The van der Waals surface area contributed by atoms with Crippen molar-refractivity contribution in [3.05, 3.63) is 66.1 Å². The second kappa shape index (κ2) is 4.37. The Kier molecular flexibility index (Phi) is 2.52. The van der Waals surface area contributed by atoms with Crippen LogP contribution in [0, 0.1) is 5.82 Å². The molecule has 3 heteroatoms. The Hall–Kier alpha value is -2.29. The van der Waals surface area contributed by atoms with Crippen LogP contribution in [0.1, 0.15) is 11.5 Å². The number of ether oxygens (including phenoxy) is 1. The van der Waals surface area contributed by atoms with Crippen molar-refractivity contribution >= 4 is 10.9 Å². The molecule has 0 bridgehead atoms. The minimum absolute atomic E-state index is 0.194. The molecule has 0 fully saturated rings. The number of aromatic nitrogens is 1. The van der Waals surface area contributed by atoms with E-state index in [4.69, 9.17) is 4.74 Å². The fraction of sp³-hybridized carbons (Fsp3) is 0.176. The van der Waals surface area contributed by atoms with E-state index >= 15 is 0 Å². The first-order chi connectivity index (χ1) is 9.81. The number of fused-ring (bicyclic) bond motifs is 2. The average molecular weight is 267 g/mol. The SMILES string of the molecule is Fc1ccc2ccn(CC3COc4ccccc43)c2c1. The van der Waals surface area contributed by atoms with E-state index in [2.05, 4.69) is 10.6 Å². The summed E-state index contributed by atoms with van der Waals surface area (Å²) in [4.78, 5) is 0. The van der Waals surface area contributed by atoms with Crippen molar-refractivity contribution < 1.29 is 9.13 Å². The van der Waals surface area contributed by atoms with Crippen LogP contribution in [0.3, 0.4) is 0 Å². The summed E-state index contributed by atoms with van der Waals surface area (Å²) in [5.74, 6) is 1.10. The van der Waals surface area contributed by atoms with E-state index in [0.717, 1.165) is 23.2 Å². The molecule has 20 heavy (non-hydrogen) atoms. The molecule has 2 nitrogen and oxygen atoms in total. The van der Waals surface area contributed by atoms with E-state index < -0.39 is 0 Å². The highest BCUT2D eigenvalue weighted by Gasteiger charge is 2.24. The quantitative estimate of drug-likeness (QED) is 0.685. The van der Waals surface area contributed by atoms with Gasteiger partial charge in [-0.3, -0.25) is 0 Å². The van der Waals surface area contributed by atoms with E-state index in [1.807, 2.05) is 36.5 Å². The number of halogens is 1. The molecular weight excluding hydrogens is 253 g/mol. The van der Waals surface area contributed by atoms with Crippen molar-refractivity contribution in [1.29, 1.82) is 0 Å². The lowest BCUT2D eigenvalue weighted by Gasteiger charge is -2.11. The molecule has 0 N–H and O–H groups in total. The van der Waals surface area contributed by atoms with Gasteiger partial charge in [0.25, 0.3) is 0 Å². The molecule has 100 valence electrons. The predicted octanol–water partition coefficient (Wildman–Crippen LogP) is 3.96. The molecule has 3 aromatic rings. The molecule has 1 aromatic heterocycles. The molecule has 0 amide bonds. The van der Waals surface area contributed by atoms with Gasteiger partial charge >= 0.3 is 0 Å². The van der Waals surface area contributed by atoms with Gasteiger partial charge in [0.15, 0.2) is 0 Å². The molecule has 1 aliphatic rings. The molecule has 0 spiro atoms. The summed E-state index contributed by atoms with van der Waals surface area (Å²) in [6.45, 7) is 1.50. The molecule has 1 unspecified atom stereocenters. The van der Waals surface area contributed by atoms with E-state index in [1.54, 1.807) is 6.07 Å². The van der Waals surface area contributed by atoms with Gasteiger partial charge in [-0.2, -0.15) is 0 Å². The molecule has 0 aliphatic carbocycles. The summed E-state index contributed by atoms with van der Waals surface area (Å²) in [7, 11) is 0. The van der Waals surface area contributed by atoms with Crippen LogP contribution in [0.4, 0.5) is 4.39 Å². The van der Waals surface area contributed by atoms with Crippen molar-refractivity contribution in [3.63, 3.8) is 0 Å². The van der Waals surface area contributed by atoms with Crippen LogP contribution in [-0.2, 0) is 6.54 Å². The molecule has 4 rings (SSSR count). The maximum absolute atomic E-state index is 13.4. The molecule has 1 atom stereocenters. The van der Waals surface area contributed by atoms with Gasteiger partial charge in [0.05, 0.1) is 12.1 Å². The lowest BCUT2D eigenvalue weighted by molar-refractivity contribution is 0.320. The molecule has 0 saturated carbocycles. The lowest BCUT2D eigenvalue weighted by atomic mass is 10.0. The number of hydrogen-bond donors (Lipinski definition) is 0. The summed E-state index contributed by atoms with van der Waals surface area (Å²) in [5, 5.41) is 1.07. The fourth-order valence-corrected chi connectivity index (χ4v) is 2.93. The van der Waals surface area contributed by atoms with Gasteiger partial charge in [-0.25, -0.2) is 4.39 Å². The Balaban J connectivity index is 1.70. The van der Waals surface area contributed by atoms with Crippen LogP contribution in [0.15, 0.2) is 54.7 Å². The zero-order valence-corrected chi connectivity index (χ0v) is 10.9. The Bertz CT molecular complexity index is 778. The highest BCUT2D eigenvalue weighted by atomic mass is 19.1. The van der Waals surface area contributed by atoms with Gasteiger partial charge in [-0.05, 0) is 35.7 Å². The number of benzene rings is 2. The Morgan fingerprint density at radius 3 is 3.00 bits per heavy atom. The first kappa shape index (κ1) is 11.5. The second-order valence-electron chi connectivity index (χ2n) is 5.22. The second-order valence-corrected chi connectivity index (χ2v) is 5.22. The minimum atomic E-state index is -0.194. The van der Waals surface area contributed by atoms with E-state index in [9.17, 15) is 4.39 Å². The topological polar surface area (TPSA) is 14.2 Å². The smallest absolute Gasteiger partial charge is 0.125 e. The molecule has 2 aromatic carbocycles. The third kappa shape index (κ3) is 1.78. The Labute approximate surface area is 116 Å². The summed E-state index contributed by atoms with van der Waals surface area (Å²) in [6.07, 6.45) is 2.02. The van der Waals surface area contributed by atoms with Crippen LogP contribution in [-0.4, -0.2) is 11.2 Å². The van der Waals surface area contributed by atoms with Gasteiger partial charge in [-0.15, -0.1) is 0 Å². The number of rotatable bonds is 2. The zero-order valence-electron chi connectivity index (χ0n) is 10.9. The van der Waals surface area contributed by atoms with Crippen molar-refractivity contribution in [2.24, 2.45) is 0 Å². The van der Waals surface area contributed by atoms with Crippen molar-refractivity contribution in [2.75, 3.05) is 6.61 Å². The number of hydrogen-bond acceptors (Lipinski definition) is 1. The number of para-hydroxylation sites is 1. The molecule has 1 aliphatic heterocycles. The minimum Gasteiger partial charge on any atom is -0.493 e. The lowest BCUT2D eigenvalue weighted by Crippen LogP contribution is -2.09. The van der Waals surface area contributed by atoms with Crippen molar-refractivity contribution in [1.82, 2.24) is 4.57 Å². The van der Waals surface area contributed by atoms with Crippen molar-refractivity contribution in [3.8, 4) is 5.75 Å². The summed E-state index contributed by atoms with van der Waals surface area (Å²) >= 11 is 0. The summed E-state index contributed by atoms with van der Waals surface area (Å²) < 4.78 is 21.2. The van der Waals surface area contributed by atoms with Crippen LogP contribution >= 0.6 is 0 Å². The number of nitrogens with zero attached hydrogens (tertiary/aromatic N) is 1. The summed E-state index contributed by atoms with van der Waals surface area (Å²) in [6, 6.07) is 15.1. The van der Waals surface area contributed by atoms with E-state index in [-0.39, 0.29) is 5.82 Å². The average Bonchev–Trinajstić information content (AvgIpc) is 3.05. The maximum Gasteiger partial charge on any atom is 0.125 e. The molecular formula is C17H14FNO. The predicted molar refractivity (Wildman–Crippen MR) is 76.6 cm³/mol. The monoisotopic (exact) mass is 267 g/mol. The third-order valence-corrected chi connectivity index (χ3v) is 3.95. The van der Waals surface area contributed by atoms with Gasteiger partial charge in [0.2, 0.25) is 0 Å².